The minimum Gasteiger partial charge on any atom is -0.505 e. The van der Waals surface area contributed by atoms with E-state index in [1.54, 1.807) is 0 Å². The molecule has 1 aromatic heterocycles. The van der Waals surface area contributed by atoms with Crippen LogP contribution in [0.2, 0.25) is 0 Å². The number of benzene rings is 3. The van der Waals surface area contributed by atoms with Crippen molar-refractivity contribution in [3.8, 4) is 17.0 Å². The Balaban J connectivity index is 1.99. The second kappa shape index (κ2) is 6.17. The average Bonchev–Trinajstić information content (AvgIpc) is 2.88. The molecule has 4 rings (SSSR count). The van der Waals surface area contributed by atoms with E-state index < -0.39 is 0 Å². The van der Waals surface area contributed by atoms with Crippen LogP contribution in [0.3, 0.4) is 0 Å². The summed E-state index contributed by atoms with van der Waals surface area (Å²) >= 11 is 3.50. The third-order valence-corrected chi connectivity index (χ3v) is 4.72. The van der Waals surface area contributed by atoms with Crippen molar-refractivity contribution in [3.63, 3.8) is 0 Å². The maximum absolute atomic E-state index is 10.9. The molecule has 0 radical (unpaired) electrons. The predicted octanol–water partition coefficient (Wildman–Crippen LogP) is 5.82. The van der Waals surface area contributed by atoms with Crippen molar-refractivity contribution in [2.45, 2.75) is 6.54 Å². The lowest BCUT2D eigenvalue weighted by atomic mass is 10.1. The average molecular weight is 378 g/mol. The highest BCUT2D eigenvalue weighted by molar-refractivity contribution is 9.10. The molecule has 0 fully saturated rings. The van der Waals surface area contributed by atoms with Gasteiger partial charge in [0.1, 0.15) is 5.75 Å². The SMILES string of the molecule is Oc1c(-c2ccccc2)n(Cc2ccccc2)c2ccc(Br)cc12. The number of halogens is 1. The summed E-state index contributed by atoms with van der Waals surface area (Å²) in [5, 5.41) is 11.7. The molecule has 0 amide bonds. The van der Waals surface area contributed by atoms with Crippen molar-refractivity contribution in [1.29, 1.82) is 0 Å². The monoisotopic (exact) mass is 377 g/mol. The van der Waals surface area contributed by atoms with Gasteiger partial charge < -0.3 is 9.67 Å². The smallest absolute Gasteiger partial charge is 0.149 e. The molecular weight excluding hydrogens is 362 g/mol. The number of hydrogen-bond acceptors (Lipinski definition) is 1. The molecule has 118 valence electrons. The molecule has 4 aromatic rings. The summed E-state index contributed by atoms with van der Waals surface area (Å²) in [6.07, 6.45) is 0. The molecule has 2 nitrogen and oxygen atoms in total. The van der Waals surface area contributed by atoms with Crippen LogP contribution >= 0.6 is 15.9 Å². The Bertz CT molecular complexity index is 991. The first kappa shape index (κ1) is 15.0. The quantitative estimate of drug-likeness (QED) is 0.477. The molecule has 0 unspecified atom stereocenters. The van der Waals surface area contributed by atoms with E-state index in [2.05, 4.69) is 38.7 Å². The van der Waals surface area contributed by atoms with Crippen LogP contribution in [0.5, 0.6) is 5.75 Å². The van der Waals surface area contributed by atoms with Gasteiger partial charge in [0.15, 0.2) is 0 Å². The van der Waals surface area contributed by atoms with Gasteiger partial charge in [-0.05, 0) is 23.8 Å². The van der Waals surface area contributed by atoms with E-state index in [-0.39, 0.29) is 0 Å². The largest absolute Gasteiger partial charge is 0.505 e. The van der Waals surface area contributed by atoms with E-state index in [4.69, 9.17) is 0 Å². The first-order chi connectivity index (χ1) is 11.7. The molecule has 0 aliphatic rings. The van der Waals surface area contributed by atoms with Gasteiger partial charge in [-0.1, -0.05) is 76.6 Å². The van der Waals surface area contributed by atoms with Crippen molar-refractivity contribution in [1.82, 2.24) is 4.57 Å². The minimum atomic E-state index is 0.327. The molecule has 0 saturated carbocycles. The van der Waals surface area contributed by atoms with Gasteiger partial charge in [-0.15, -0.1) is 0 Å². The summed E-state index contributed by atoms with van der Waals surface area (Å²) < 4.78 is 3.14. The molecule has 0 aliphatic carbocycles. The fourth-order valence-electron chi connectivity index (χ4n) is 3.13. The molecule has 0 spiro atoms. The predicted molar refractivity (Wildman–Crippen MR) is 102 cm³/mol. The number of nitrogens with zero attached hydrogens (tertiary/aromatic N) is 1. The van der Waals surface area contributed by atoms with Crippen LogP contribution in [0.4, 0.5) is 0 Å². The van der Waals surface area contributed by atoms with Crippen LogP contribution in [-0.4, -0.2) is 9.67 Å². The molecule has 1 N–H and O–H groups in total. The van der Waals surface area contributed by atoms with Gasteiger partial charge in [0.2, 0.25) is 0 Å². The highest BCUT2D eigenvalue weighted by Crippen LogP contribution is 2.40. The van der Waals surface area contributed by atoms with Gasteiger partial charge in [0, 0.05) is 22.0 Å². The normalized spacial score (nSPS) is 11.0. The molecule has 0 saturated heterocycles. The van der Waals surface area contributed by atoms with E-state index in [0.717, 1.165) is 26.6 Å². The summed E-state index contributed by atoms with van der Waals surface area (Å²) in [4.78, 5) is 0. The molecule has 0 bridgehead atoms. The first-order valence-electron chi connectivity index (χ1n) is 7.84. The Morgan fingerprint density at radius 1 is 0.833 bits per heavy atom. The highest BCUT2D eigenvalue weighted by Gasteiger charge is 2.18. The lowest BCUT2D eigenvalue weighted by molar-refractivity contribution is 0.481. The number of fused-ring (bicyclic) bond motifs is 1. The van der Waals surface area contributed by atoms with Crippen molar-refractivity contribution >= 4 is 26.8 Å². The zero-order chi connectivity index (χ0) is 16.5. The lowest BCUT2D eigenvalue weighted by Crippen LogP contribution is -2.01. The Morgan fingerprint density at radius 2 is 1.50 bits per heavy atom. The number of aromatic nitrogens is 1. The van der Waals surface area contributed by atoms with Crippen LogP contribution in [0.25, 0.3) is 22.2 Å². The molecule has 1 heterocycles. The third kappa shape index (κ3) is 2.61. The highest BCUT2D eigenvalue weighted by atomic mass is 79.9. The first-order valence-corrected chi connectivity index (χ1v) is 8.63. The Morgan fingerprint density at radius 3 is 2.21 bits per heavy atom. The van der Waals surface area contributed by atoms with Crippen LogP contribution in [-0.2, 0) is 6.54 Å². The van der Waals surface area contributed by atoms with E-state index in [1.807, 2.05) is 60.7 Å². The molecule has 3 aromatic carbocycles. The summed E-state index contributed by atoms with van der Waals surface area (Å²) in [7, 11) is 0. The fraction of sp³-hybridized carbons (Fsp3) is 0.0476. The number of aromatic hydroxyl groups is 1. The zero-order valence-corrected chi connectivity index (χ0v) is 14.6. The van der Waals surface area contributed by atoms with Crippen LogP contribution in [0.15, 0.2) is 83.3 Å². The Kier molecular flexibility index (Phi) is 3.87. The molecule has 0 atom stereocenters. The van der Waals surface area contributed by atoms with Gasteiger partial charge in [0.25, 0.3) is 0 Å². The lowest BCUT2D eigenvalue weighted by Gasteiger charge is -2.11. The topological polar surface area (TPSA) is 25.2 Å². The van der Waals surface area contributed by atoms with E-state index in [0.29, 0.717) is 12.3 Å². The molecule has 3 heteroatoms. The third-order valence-electron chi connectivity index (χ3n) is 4.23. The minimum absolute atomic E-state index is 0.327. The van der Waals surface area contributed by atoms with E-state index in [9.17, 15) is 5.11 Å². The molecular formula is C21H16BrNO. The van der Waals surface area contributed by atoms with Gasteiger partial charge in [-0.25, -0.2) is 0 Å². The van der Waals surface area contributed by atoms with E-state index >= 15 is 0 Å². The van der Waals surface area contributed by atoms with Gasteiger partial charge in [-0.2, -0.15) is 0 Å². The summed E-state index contributed by atoms with van der Waals surface area (Å²) in [5.41, 5.74) is 4.10. The van der Waals surface area contributed by atoms with Crippen molar-refractivity contribution in [2.24, 2.45) is 0 Å². The molecule has 0 aliphatic heterocycles. The summed E-state index contributed by atoms with van der Waals surface area (Å²) in [6.45, 7) is 0.712. The van der Waals surface area contributed by atoms with E-state index in [1.165, 1.54) is 5.56 Å². The van der Waals surface area contributed by atoms with Gasteiger partial charge >= 0.3 is 0 Å². The molecule has 24 heavy (non-hydrogen) atoms. The van der Waals surface area contributed by atoms with Crippen LogP contribution in [0, 0.1) is 0 Å². The zero-order valence-electron chi connectivity index (χ0n) is 13.0. The maximum Gasteiger partial charge on any atom is 0.149 e. The summed E-state index contributed by atoms with van der Waals surface area (Å²) in [6, 6.07) is 26.4. The summed E-state index contributed by atoms with van der Waals surface area (Å²) in [5.74, 6) is 0.327. The van der Waals surface area contributed by atoms with Gasteiger partial charge in [0.05, 0.1) is 11.2 Å². The number of hydrogen-bond donors (Lipinski definition) is 1. The fourth-order valence-corrected chi connectivity index (χ4v) is 3.49. The maximum atomic E-state index is 10.9. The number of rotatable bonds is 3. The standard InChI is InChI=1S/C21H16BrNO/c22-17-11-12-19-18(13-17)21(24)20(16-9-5-2-6-10-16)23(19)14-15-7-3-1-4-8-15/h1-13,24H,14H2. The second-order valence-corrected chi connectivity index (χ2v) is 6.71. The van der Waals surface area contributed by atoms with Crippen molar-refractivity contribution in [2.75, 3.05) is 0 Å². The Hall–Kier alpha value is -2.52. The Labute approximate surface area is 149 Å². The van der Waals surface area contributed by atoms with Crippen molar-refractivity contribution in [3.05, 3.63) is 88.9 Å². The van der Waals surface area contributed by atoms with Gasteiger partial charge in [-0.3, -0.25) is 0 Å². The van der Waals surface area contributed by atoms with Crippen LogP contribution in [0.1, 0.15) is 5.56 Å². The van der Waals surface area contributed by atoms with Crippen molar-refractivity contribution < 1.29 is 5.11 Å². The second-order valence-electron chi connectivity index (χ2n) is 5.80. The van der Waals surface area contributed by atoms with Crippen LogP contribution < -0.4 is 0 Å².